The highest BCUT2D eigenvalue weighted by Crippen LogP contribution is 2.36. The Morgan fingerprint density at radius 1 is 1.24 bits per heavy atom. The number of halogens is 1. The van der Waals surface area contributed by atoms with Gasteiger partial charge in [0.1, 0.15) is 0 Å². The van der Waals surface area contributed by atoms with Crippen LogP contribution in [0.1, 0.15) is 32.1 Å². The summed E-state index contributed by atoms with van der Waals surface area (Å²) >= 11 is 6.20. The summed E-state index contributed by atoms with van der Waals surface area (Å²) in [6, 6.07) is 7.78. The second-order valence-corrected chi connectivity index (χ2v) is 6.54. The van der Waals surface area contributed by atoms with Gasteiger partial charge in [0.2, 0.25) is 0 Å². The summed E-state index contributed by atoms with van der Waals surface area (Å²) in [4.78, 5) is 4.45. The fraction of sp³-hybridized carbons (Fsp3) is 0.471. The minimum atomic E-state index is 0.00166. The summed E-state index contributed by atoms with van der Waals surface area (Å²) in [5, 5.41) is 15.0. The minimum absolute atomic E-state index is 0.00166. The van der Waals surface area contributed by atoms with Crippen LogP contribution >= 0.6 is 11.6 Å². The molecule has 112 valence electrons. The van der Waals surface area contributed by atoms with Gasteiger partial charge in [0.25, 0.3) is 0 Å². The lowest BCUT2D eigenvalue weighted by Gasteiger charge is -2.36. The van der Waals surface area contributed by atoms with Crippen molar-refractivity contribution >= 4 is 28.2 Å². The third-order valence-electron chi connectivity index (χ3n) is 4.57. The molecule has 1 saturated carbocycles. The van der Waals surface area contributed by atoms with Crippen LogP contribution < -0.4 is 5.32 Å². The average molecular weight is 305 g/mol. The van der Waals surface area contributed by atoms with E-state index in [1.807, 2.05) is 24.3 Å². The Balaban J connectivity index is 1.84. The third kappa shape index (κ3) is 3.14. The zero-order valence-electron chi connectivity index (χ0n) is 12.1. The fourth-order valence-electron chi connectivity index (χ4n) is 3.27. The molecule has 0 bridgehead atoms. The summed E-state index contributed by atoms with van der Waals surface area (Å²) in [6.07, 6.45) is 7.66. The van der Waals surface area contributed by atoms with Crippen LogP contribution in [0.3, 0.4) is 0 Å². The van der Waals surface area contributed by atoms with Crippen LogP contribution in [-0.2, 0) is 0 Å². The first-order valence-corrected chi connectivity index (χ1v) is 7.99. The zero-order chi connectivity index (χ0) is 14.7. The summed E-state index contributed by atoms with van der Waals surface area (Å²) < 4.78 is 0. The van der Waals surface area contributed by atoms with E-state index in [-0.39, 0.29) is 12.0 Å². The molecule has 3 rings (SSSR count). The Labute approximate surface area is 130 Å². The first-order chi connectivity index (χ1) is 10.2. The lowest BCUT2D eigenvalue weighted by atomic mass is 9.74. The lowest BCUT2D eigenvalue weighted by molar-refractivity contribution is 0.0944. The SMILES string of the molecule is OCC1(CNc2cc(Cl)cc3cccnc23)CCCCC1. The molecule has 2 N–H and O–H groups in total. The molecule has 0 atom stereocenters. The maximum absolute atomic E-state index is 9.81. The average Bonchev–Trinajstić information content (AvgIpc) is 2.53. The molecule has 0 unspecified atom stereocenters. The molecular weight excluding hydrogens is 284 g/mol. The van der Waals surface area contributed by atoms with Gasteiger partial charge in [-0.25, -0.2) is 0 Å². The maximum atomic E-state index is 9.81. The maximum Gasteiger partial charge on any atom is 0.0934 e. The summed E-state index contributed by atoms with van der Waals surface area (Å²) in [6.45, 7) is 1.02. The van der Waals surface area contributed by atoms with E-state index in [1.54, 1.807) is 6.20 Å². The summed E-state index contributed by atoms with van der Waals surface area (Å²) in [5.74, 6) is 0. The van der Waals surface area contributed by atoms with Crippen molar-refractivity contribution < 1.29 is 5.11 Å². The Bertz CT molecular complexity index is 623. The number of rotatable bonds is 4. The number of anilines is 1. The van der Waals surface area contributed by atoms with Crippen LogP contribution in [0.5, 0.6) is 0 Å². The van der Waals surface area contributed by atoms with Gasteiger partial charge in [-0.1, -0.05) is 36.9 Å². The molecule has 1 aromatic heterocycles. The van der Waals surface area contributed by atoms with Crippen molar-refractivity contribution in [3.63, 3.8) is 0 Å². The van der Waals surface area contributed by atoms with Crippen molar-refractivity contribution in [1.82, 2.24) is 4.98 Å². The van der Waals surface area contributed by atoms with Crippen LogP contribution in [0.4, 0.5) is 5.69 Å². The van der Waals surface area contributed by atoms with Gasteiger partial charge in [0.15, 0.2) is 0 Å². The van der Waals surface area contributed by atoms with Gasteiger partial charge in [0.05, 0.1) is 17.8 Å². The van der Waals surface area contributed by atoms with Crippen LogP contribution in [0.25, 0.3) is 10.9 Å². The van der Waals surface area contributed by atoms with E-state index in [2.05, 4.69) is 10.3 Å². The number of nitrogens with zero attached hydrogens (tertiary/aromatic N) is 1. The highest BCUT2D eigenvalue weighted by Gasteiger charge is 2.31. The molecule has 0 amide bonds. The molecule has 4 heteroatoms. The number of benzene rings is 1. The number of aromatic nitrogens is 1. The van der Waals surface area contributed by atoms with Crippen LogP contribution in [-0.4, -0.2) is 23.2 Å². The molecule has 0 saturated heterocycles. The quantitative estimate of drug-likeness (QED) is 0.888. The Morgan fingerprint density at radius 2 is 2.05 bits per heavy atom. The molecule has 1 aliphatic rings. The van der Waals surface area contributed by atoms with Gasteiger partial charge in [0, 0.05) is 28.6 Å². The van der Waals surface area contributed by atoms with Gasteiger partial charge in [-0.05, 0) is 31.0 Å². The van der Waals surface area contributed by atoms with E-state index in [0.717, 1.165) is 36.0 Å². The smallest absolute Gasteiger partial charge is 0.0934 e. The van der Waals surface area contributed by atoms with E-state index < -0.39 is 0 Å². The third-order valence-corrected chi connectivity index (χ3v) is 4.79. The van der Waals surface area contributed by atoms with Crippen molar-refractivity contribution in [2.45, 2.75) is 32.1 Å². The largest absolute Gasteiger partial charge is 0.396 e. The first kappa shape index (κ1) is 14.6. The van der Waals surface area contributed by atoms with Crippen molar-refractivity contribution in [3.8, 4) is 0 Å². The Morgan fingerprint density at radius 3 is 2.81 bits per heavy atom. The second-order valence-electron chi connectivity index (χ2n) is 6.10. The first-order valence-electron chi connectivity index (χ1n) is 7.61. The molecule has 1 fully saturated rings. The molecule has 1 aromatic carbocycles. The molecule has 1 heterocycles. The topological polar surface area (TPSA) is 45.1 Å². The van der Waals surface area contributed by atoms with Gasteiger partial charge in [-0.3, -0.25) is 4.98 Å². The van der Waals surface area contributed by atoms with E-state index >= 15 is 0 Å². The fourth-order valence-corrected chi connectivity index (χ4v) is 3.49. The Hall–Kier alpha value is -1.32. The van der Waals surface area contributed by atoms with Gasteiger partial charge in [-0.15, -0.1) is 0 Å². The Kier molecular flexibility index (Phi) is 4.32. The van der Waals surface area contributed by atoms with Crippen LogP contribution in [0.2, 0.25) is 5.02 Å². The van der Waals surface area contributed by atoms with Gasteiger partial charge >= 0.3 is 0 Å². The molecule has 0 aliphatic heterocycles. The summed E-state index contributed by atoms with van der Waals surface area (Å²) in [5.41, 5.74) is 1.89. The molecule has 0 spiro atoms. The number of fused-ring (bicyclic) bond motifs is 1. The normalized spacial score (nSPS) is 17.8. The van der Waals surface area contributed by atoms with Crippen molar-refractivity contribution in [2.75, 3.05) is 18.5 Å². The number of aliphatic hydroxyl groups is 1. The number of hydrogen-bond donors (Lipinski definition) is 2. The van der Waals surface area contributed by atoms with Crippen LogP contribution in [0.15, 0.2) is 30.5 Å². The monoisotopic (exact) mass is 304 g/mol. The standard InChI is InChI=1S/C17H21ClN2O/c18-14-9-13-5-4-8-19-16(13)15(10-14)20-11-17(12-21)6-2-1-3-7-17/h4-5,8-10,20-21H,1-3,6-7,11-12H2. The molecule has 21 heavy (non-hydrogen) atoms. The van der Waals surface area contributed by atoms with Gasteiger partial charge in [-0.2, -0.15) is 0 Å². The van der Waals surface area contributed by atoms with E-state index in [1.165, 1.54) is 19.3 Å². The summed E-state index contributed by atoms with van der Waals surface area (Å²) in [7, 11) is 0. The highest BCUT2D eigenvalue weighted by molar-refractivity contribution is 6.31. The number of hydrogen-bond acceptors (Lipinski definition) is 3. The van der Waals surface area contributed by atoms with Crippen molar-refractivity contribution in [1.29, 1.82) is 0 Å². The minimum Gasteiger partial charge on any atom is -0.396 e. The van der Waals surface area contributed by atoms with E-state index in [4.69, 9.17) is 11.6 Å². The van der Waals surface area contributed by atoms with E-state index in [9.17, 15) is 5.11 Å². The number of pyridine rings is 1. The molecule has 3 nitrogen and oxygen atoms in total. The lowest BCUT2D eigenvalue weighted by Crippen LogP contribution is -2.35. The predicted octanol–water partition coefficient (Wildman–Crippen LogP) is 4.24. The van der Waals surface area contributed by atoms with Crippen molar-refractivity contribution in [3.05, 3.63) is 35.5 Å². The van der Waals surface area contributed by atoms with Crippen LogP contribution in [0, 0.1) is 5.41 Å². The second kappa shape index (κ2) is 6.20. The zero-order valence-corrected chi connectivity index (χ0v) is 12.9. The van der Waals surface area contributed by atoms with Gasteiger partial charge < -0.3 is 10.4 Å². The predicted molar refractivity (Wildman–Crippen MR) is 87.8 cm³/mol. The molecular formula is C17H21ClN2O. The highest BCUT2D eigenvalue weighted by atomic mass is 35.5. The molecule has 1 aliphatic carbocycles. The number of nitrogens with one attached hydrogen (secondary N) is 1. The molecule has 0 radical (unpaired) electrons. The number of aliphatic hydroxyl groups excluding tert-OH is 1. The molecule has 2 aromatic rings. The van der Waals surface area contributed by atoms with Crippen molar-refractivity contribution in [2.24, 2.45) is 5.41 Å². The van der Waals surface area contributed by atoms with E-state index in [0.29, 0.717) is 5.02 Å².